The number of methoxy groups -OCH3 is 1. The lowest BCUT2D eigenvalue weighted by atomic mass is 10.3. The number of nitrogens with zero attached hydrogens (tertiary/aromatic N) is 3. The van der Waals surface area contributed by atoms with Crippen molar-refractivity contribution >= 4 is 41.3 Å². The van der Waals surface area contributed by atoms with Crippen molar-refractivity contribution in [2.24, 2.45) is 4.99 Å². The standard InChI is InChI=1S/C19H27FN4O2S.HI/c1-13(26-17-8-6-15(20)7-9-17)10-22-19(21-3)24(4)11-16-12-27-18(23-16)14(2)25-5;/h6-9,12-14H,10-11H2,1-5H3,(H,21,22);1H. The van der Waals surface area contributed by atoms with Gasteiger partial charge in [-0.2, -0.15) is 0 Å². The van der Waals surface area contributed by atoms with Gasteiger partial charge < -0.3 is 19.7 Å². The first-order chi connectivity index (χ1) is 12.9. The average molecular weight is 522 g/mol. The van der Waals surface area contributed by atoms with E-state index in [1.54, 1.807) is 37.6 Å². The minimum absolute atomic E-state index is 0. The lowest BCUT2D eigenvalue weighted by Gasteiger charge is -2.23. The first-order valence-corrected chi connectivity index (χ1v) is 9.62. The minimum atomic E-state index is -0.278. The van der Waals surface area contributed by atoms with Gasteiger partial charge in [0.1, 0.15) is 28.8 Å². The number of rotatable bonds is 8. The molecule has 0 fully saturated rings. The van der Waals surface area contributed by atoms with Crippen LogP contribution in [-0.4, -0.2) is 49.7 Å². The van der Waals surface area contributed by atoms with Crippen LogP contribution in [0.1, 0.15) is 30.7 Å². The Kier molecular flexibility index (Phi) is 10.7. The number of thiazole rings is 1. The monoisotopic (exact) mass is 522 g/mol. The first-order valence-electron chi connectivity index (χ1n) is 8.74. The maximum absolute atomic E-state index is 13.0. The normalized spacial score (nSPS) is 13.4. The van der Waals surface area contributed by atoms with Crippen LogP contribution in [0.15, 0.2) is 34.6 Å². The van der Waals surface area contributed by atoms with Crippen LogP contribution < -0.4 is 10.1 Å². The number of halogens is 2. The highest BCUT2D eigenvalue weighted by Gasteiger charge is 2.13. The third-order valence-electron chi connectivity index (χ3n) is 3.94. The van der Waals surface area contributed by atoms with Crippen molar-refractivity contribution in [3.63, 3.8) is 0 Å². The molecular formula is C19H28FIN4O2S. The molecule has 2 atom stereocenters. The van der Waals surface area contributed by atoms with Gasteiger partial charge in [0.15, 0.2) is 5.96 Å². The molecule has 0 bridgehead atoms. The Hall–Kier alpha value is -1.46. The highest BCUT2D eigenvalue weighted by molar-refractivity contribution is 14.0. The summed E-state index contributed by atoms with van der Waals surface area (Å²) in [4.78, 5) is 10.9. The van der Waals surface area contributed by atoms with Crippen LogP contribution in [0.5, 0.6) is 5.75 Å². The molecule has 6 nitrogen and oxygen atoms in total. The van der Waals surface area contributed by atoms with Crippen LogP contribution in [0, 0.1) is 5.82 Å². The number of benzene rings is 1. The zero-order valence-electron chi connectivity index (χ0n) is 16.8. The average Bonchev–Trinajstić information content (AvgIpc) is 3.12. The molecule has 2 unspecified atom stereocenters. The molecule has 2 rings (SSSR count). The summed E-state index contributed by atoms with van der Waals surface area (Å²) in [5.41, 5.74) is 0.972. The van der Waals surface area contributed by atoms with Crippen molar-refractivity contribution in [2.75, 3.05) is 27.7 Å². The molecule has 1 heterocycles. The van der Waals surface area contributed by atoms with Gasteiger partial charge in [-0.05, 0) is 38.1 Å². The largest absolute Gasteiger partial charge is 0.489 e. The van der Waals surface area contributed by atoms with Gasteiger partial charge in [0.05, 0.1) is 18.8 Å². The van der Waals surface area contributed by atoms with E-state index in [9.17, 15) is 4.39 Å². The summed E-state index contributed by atoms with van der Waals surface area (Å²) >= 11 is 1.59. The van der Waals surface area contributed by atoms with Crippen molar-refractivity contribution in [3.05, 3.63) is 46.2 Å². The van der Waals surface area contributed by atoms with E-state index < -0.39 is 0 Å². The second kappa shape index (κ2) is 12.2. The van der Waals surface area contributed by atoms with Crippen molar-refractivity contribution in [1.82, 2.24) is 15.2 Å². The molecule has 0 amide bonds. The molecule has 0 saturated heterocycles. The van der Waals surface area contributed by atoms with E-state index in [0.717, 1.165) is 16.7 Å². The van der Waals surface area contributed by atoms with Crippen molar-refractivity contribution in [3.8, 4) is 5.75 Å². The van der Waals surface area contributed by atoms with Crippen LogP contribution in [0.4, 0.5) is 4.39 Å². The van der Waals surface area contributed by atoms with Crippen molar-refractivity contribution < 1.29 is 13.9 Å². The highest BCUT2D eigenvalue weighted by atomic mass is 127. The molecule has 0 radical (unpaired) electrons. The Morgan fingerprint density at radius 1 is 1.32 bits per heavy atom. The number of nitrogens with one attached hydrogen (secondary N) is 1. The van der Waals surface area contributed by atoms with Crippen molar-refractivity contribution in [1.29, 1.82) is 0 Å². The second-order valence-corrected chi connectivity index (χ2v) is 7.11. The Morgan fingerprint density at radius 2 is 2.00 bits per heavy atom. The molecule has 1 N–H and O–H groups in total. The minimum Gasteiger partial charge on any atom is -0.489 e. The van der Waals surface area contributed by atoms with Gasteiger partial charge in [0, 0.05) is 26.6 Å². The third-order valence-corrected chi connectivity index (χ3v) is 5.00. The summed E-state index contributed by atoms with van der Waals surface area (Å²) in [6.07, 6.45) is -0.106. The highest BCUT2D eigenvalue weighted by Crippen LogP contribution is 2.21. The molecule has 0 aliphatic heterocycles. The lowest BCUT2D eigenvalue weighted by molar-refractivity contribution is 0.119. The van der Waals surface area contributed by atoms with Gasteiger partial charge in [-0.25, -0.2) is 9.37 Å². The molecule has 28 heavy (non-hydrogen) atoms. The molecule has 2 aromatic rings. The summed E-state index contributed by atoms with van der Waals surface area (Å²) in [5, 5.41) is 6.29. The summed E-state index contributed by atoms with van der Waals surface area (Å²) in [5.74, 6) is 1.11. The number of hydrogen-bond acceptors (Lipinski definition) is 5. The summed E-state index contributed by atoms with van der Waals surface area (Å²) in [6.45, 7) is 5.13. The zero-order valence-corrected chi connectivity index (χ0v) is 20.0. The predicted octanol–water partition coefficient (Wildman–Crippen LogP) is 4.08. The maximum atomic E-state index is 13.0. The van der Waals surface area contributed by atoms with Crippen LogP contribution in [0.25, 0.3) is 0 Å². The molecule has 1 aromatic carbocycles. The van der Waals surface area contributed by atoms with E-state index in [2.05, 4.69) is 15.3 Å². The van der Waals surface area contributed by atoms with E-state index in [1.807, 2.05) is 31.2 Å². The number of guanidine groups is 1. The molecule has 9 heteroatoms. The molecule has 0 aliphatic carbocycles. The Labute approximate surface area is 187 Å². The van der Waals surface area contributed by atoms with Crippen LogP contribution >= 0.6 is 35.3 Å². The van der Waals surface area contributed by atoms with Gasteiger partial charge in [-0.15, -0.1) is 35.3 Å². The quantitative estimate of drug-likeness (QED) is 0.322. The number of ether oxygens (including phenoxy) is 2. The van der Waals surface area contributed by atoms with E-state index >= 15 is 0 Å². The summed E-state index contributed by atoms with van der Waals surface area (Å²) < 4.78 is 24.0. The molecule has 1 aromatic heterocycles. The van der Waals surface area contributed by atoms with E-state index in [4.69, 9.17) is 9.47 Å². The summed E-state index contributed by atoms with van der Waals surface area (Å²) in [7, 11) is 5.38. The van der Waals surface area contributed by atoms with Gasteiger partial charge in [0.25, 0.3) is 0 Å². The topological polar surface area (TPSA) is 59.0 Å². The fourth-order valence-electron chi connectivity index (χ4n) is 2.41. The molecule has 0 saturated carbocycles. The predicted molar refractivity (Wildman–Crippen MR) is 122 cm³/mol. The summed E-state index contributed by atoms with van der Waals surface area (Å²) in [6, 6.07) is 6.00. The first kappa shape index (κ1) is 24.6. The van der Waals surface area contributed by atoms with Gasteiger partial charge in [0.2, 0.25) is 0 Å². The lowest BCUT2D eigenvalue weighted by Crippen LogP contribution is -2.42. The van der Waals surface area contributed by atoms with Crippen LogP contribution in [-0.2, 0) is 11.3 Å². The van der Waals surface area contributed by atoms with Gasteiger partial charge in [-0.3, -0.25) is 4.99 Å². The molecule has 156 valence electrons. The maximum Gasteiger partial charge on any atom is 0.193 e. The van der Waals surface area contributed by atoms with E-state index in [0.29, 0.717) is 18.8 Å². The Morgan fingerprint density at radius 3 is 2.61 bits per heavy atom. The number of hydrogen-bond donors (Lipinski definition) is 1. The molecular weight excluding hydrogens is 494 g/mol. The molecule has 0 spiro atoms. The Balaban J connectivity index is 0.00000392. The number of aromatic nitrogens is 1. The van der Waals surface area contributed by atoms with E-state index in [-0.39, 0.29) is 42.0 Å². The van der Waals surface area contributed by atoms with Crippen LogP contribution in [0.3, 0.4) is 0 Å². The smallest absolute Gasteiger partial charge is 0.193 e. The fourth-order valence-corrected chi connectivity index (χ4v) is 3.25. The van der Waals surface area contributed by atoms with Crippen LogP contribution in [0.2, 0.25) is 0 Å². The van der Waals surface area contributed by atoms with Gasteiger partial charge >= 0.3 is 0 Å². The third kappa shape index (κ3) is 7.51. The van der Waals surface area contributed by atoms with E-state index in [1.165, 1.54) is 12.1 Å². The molecule has 0 aliphatic rings. The van der Waals surface area contributed by atoms with Crippen molar-refractivity contribution in [2.45, 2.75) is 32.6 Å². The van der Waals surface area contributed by atoms with Gasteiger partial charge in [-0.1, -0.05) is 0 Å². The SMILES string of the molecule is CN=C(NCC(C)Oc1ccc(F)cc1)N(C)Cc1csc(C(C)OC)n1.I. The fraction of sp³-hybridized carbons (Fsp3) is 0.474. The second-order valence-electron chi connectivity index (χ2n) is 6.22. The number of aliphatic imine (C=N–C) groups is 1. The zero-order chi connectivity index (χ0) is 19.8. The Bertz CT molecular complexity index is 742.